The number of rotatable bonds is 7. The lowest BCUT2D eigenvalue weighted by atomic mass is 10.2. The van der Waals surface area contributed by atoms with Crippen molar-refractivity contribution in [2.75, 3.05) is 30.4 Å². The number of methoxy groups -OCH3 is 1. The zero-order valence-corrected chi connectivity index (χ0v) is 15.6. The van der Waals surface area contributed by atoms with Gasteiger partial charge in [0.15, 0.2) is 0 Å². The van der Waals surface area contributed by atoms with Crippen LogP contribution in [-0.4, -0.2) is 37.9 Å². The first-order chi connectivity index (χ1) is 12.9. The maximum atomic E-state index is 12.2. The van der Waals surface area contributed by atoms with Crippen molar-refractivity contribution in [3.8, 4) is 5.75 Å². The fourth-order valence-electron chi connectivity index (χ4n) is 2.52. The van der Waals surface area contributed by atoms with Gasteiger partial charge in [-0.15, -0.1) is 0 Å². The Kier molecular flexibility index (Phi) is 6.93. The van der Waals surface area contributed by atoms with Crippen LogP contribution in [0.1, 0.15) is 24.2 Å². The molecule has 27 heavy (non-hydrogen) atoms. The molecule has 7 nitrogen and oxygen atoms in total. The molecule has 0 aliphatic heterocycles. The second-order valence-electron chi connectivity index (χ2n) is 5.88. The molecule has 0 radical (unpaired) electrons. The van der Waals surface area contributed by atoms with E-state index in [1.165, 1.54) is 13.8 Å². The van der Waals surface area contributed by atoms with Crippen LogP contribution < -0.4 is 20.3 Å². The third kappa shape index (κ3) is 5.85. The van der Waals surface area contributed by atoms with Crippen molar-refractivity contribution in [3.05, 3.63) is 54.1 Å². The molecule has 0 aliphatic rings. The molecule has 2 aromatic rings. The van der Waals surface area contributed by atoms with Crippen LogP contribution in [0.4, 0.5) is 11.4 Å². The molecule has 0 fully saturated rings. The van der Waals surface area contributed by atoms with Gasteiger partial charge < -0.3 is 20.3 Å². The first-order valence-corrected chi connectivity index (χ1v) is 8.48. The molecule has 3 amide bonds. The molecular formula is C20H23N3O4. The van der Waals surface area contributed by atoms with E-state index >= 15 is 0 Å². The quantitative estimate of drug-likeness (QED) is 0.785. The van der Waals surface area contributed by atoms with Gasteiger partial charge in [-0.3, -0.25) is 14.4 Å². The summed E-state index contributed by atoms with van der Waals surface area (Å²) in [6, 6.07) is 13.7. The number of hydrogen-bond donors (Lipinski definition) is 2. The number of carbonyl (C=O) groups is 3. The Bertz CT molecular complexity index is 801. The molecule has 0 heterocycles. The predicted octanol–water partition coefficient (Wildman–Crippen LogP) is 2.44. The van der Waals surface area contributed by atoms with Gasteiger partial charge in [0.2, 0.25) is 11.8 Å². The summed E-state index contributed by atoms with van der Waals surface area (Å²) in [5.74, 6) is 0.160. The van der Waals surface area contributed by atoms with Crippen molar-refractivity contribution >= 4 is 29.1 Å². The lowest BCUT2D eigenvalue weighted by Crippen LogP contribution is -2.37. The van der Waals surface area contributed by atoms with Crippen molar-refractivity contribution in [1.29, 1.82) is 0 Å². The minimum absolute atomic E-state index is 0.138. The van der Waals surface area contributed by atoms with Gasteiger partial charge >= 0.3 is 0 Å². The van der Waals surface area contributed by atoms with Crippen LogP contribution in [0.2, 0.25) is 0 Å². The second-order valence-corrected chi connectivity index (χ2v) is 5.88. The normalized spacial score (nSPS) is 10.0. The number of amides is 3. The van der Waals surface area contributed by atoms with Crippen molar-refractivity contribution < 1.29 is 19.1 Å². The average molecular weight is 369 g/mol. The third-order valence-corrected chi connectivity index (χ3v) is 3.85. The predicted molar refractivity (Wildman–Crippen MR) is 104 cm³/mol. The van der Waals surface area contributed by atoms with E-state index in [0.29, 0.717) is 35.8 Å². The standard InChI is InChI=1S/C20H23N3O4/c1-14(24)22-17-6-8-18(9-7-17)23(15(2)25)13-12-21-20(26)16-4-10-19(27-3)11-5-16/h4-11H,12-13H2,1-3H3,(H,21,26)(H,22,24). The highest BCUT2D eigenvalue weighted by molar-refractivity contribution is 5.95. The second kappa shape index (κ2) is 9.38. The van der Waals surface area contributed by atoms with Crippen LogP contribution >= 0.6 is 0 Å². The van der Waals surface area contributed by atoms with E-state index in [-0.39, 0.29) is 17.7 Å². The SMILES string of the molecule is COc1ccc(C(=O)NCCN(C(C)=O)c2ccc(NC(C)=O)cc2)cc1. The molecule has 0 saturated carbocycles. The summed E-state index contributed by atoms with van der Waals surface area (Å²) >= 11 is 0. The topological polar surface area (TPSA) is 87.7 Å². The van der Waals surface area contributed by atoms with Crippen LogP contribution in [0.3, 0.4) is 0 Å². The van der Waals surface area contributed by atoms with Gasteiger partial charge in [-0.2, -0.15) is 0 Å². The Morgan fingerprint density at radius 2 is 1.59 bits per heavy atom. The van der Waals surface area contributed by atoms with Crippen molar-refractivity contribution in [1.82, 2.24) is 5.32 Å². The molecule has 0 aliphatic carbocycles. The van der Waals surface area contributed by atoms with E-state index in [1.807, 2.05) is 0 Å². The van der Waals surface area contributed by atoms with Crippen LogP contribution in [0.25, 0.3) is 0 Å². The first kappa shape index (κ1) is 20.0. The van der Waals surface area contributed by atoms with E-state index in [9.17, 15) is 14.4 Å². The van der Waals surface area contributed by atoms with Gasteiger partial charge in [0.05, 0.1) is 7.11 Å². The number of nitrogens with one attached hydrogen (secondary N) is 2. The van der Waals surface area contributed by atoms with Gasteiger partial charge in [0, 0.05) is 43.9 Å². The minimum atomic E-state index is -0.220. The largest absolute Gasteiger partial charge is 0.497 e. The highest BCUT2D eigenvalue weighted by atomic mass is 16.5. The summed E-state index contributed by atoms with van der Waals surface area (Å²) in [5, 5.41) is 5.47. The van der Waals surface area contributed by atoms with Gasteiger partial charge in [-0.05, 0) is 48.5 Å². The molecular weight excluding hydrogens is 346 g/mol. The summed E-state index contributed by atoms with van der Waals surface area (Å²) in [6.07, 6.45) is 0. The van der Waals surface area contributed by atoms with E-state index < -0.39 is 0 Å². The van der Waals surface area contributed by atoms with E-state index in [0.717, 1.165) is 0 Å². The Morgan fingerprint density at radius 3 is 2.11 bits per heavy atom. The number of hydrogen-bond acceptors (Lipinski definition) is 4. The summed E-state index contributed by atoms with van der Waals surface area (Å²) < 4.78 is 5.07. The molecule has 142 valence electrons. The molecule has 0 unspecified atom stereocenters. The fraction of sp³-hybridized carbons (Fsp3) is 0.250. The van der Waals surface area contributed by atoms with E-state index in [4.69, 9.17) is 4.74 Å². The Labute approximate surface area is 158 Å². The highest BCUT2D eigenvalue weighted by Crippen LogP contribution is 2.18. The molecule has 0 bridgehead atoms. The Balaban J connectivity index is 1.94. The summed E-state index contributed by atoms with van der Waals surface area (Å²) in [4.78, 5) is 36.8. The van der Waals surface area contributed by atoms with Gasteiger partial charge in [0.1, 0.15) is 5.75 Å². The van der Waals surface area contributed by atoms with Crippen LogP contribution in [0.15, 0.2) is 48.5 Å². The monoisotopic (exact) mass is 369 g/mol. The number of ether oxygens (including phenoxy) is 1. The molecule has 2 N–H and O–H groups in total. The molecule has 0 spiro atoms. The van der Waals surface area contributed by atoms with Crippen molar-refractivity contribution in [2.24, 2.45) is 0 Å². The molecule has 0 atom stereocenters. The summed E-state index contributed by atoms with van der Waals surface area (Å²) in [7, 11) is 1.56. The maximum Gasteiger partial charge on any atom is 0.251 e. The fourth-order valence-corrected chi connectivity index (χ4v) is 2.52. The number of nitrogens with zero attached hydrogens (tertiary/aromatic N) is 1. The van der Waals surface area contributed by atoms with E-state index in [2.05, 4.69) is 10.6 Å². The lowest BCUT2D eigenvalue weighted by Gasteiger charge is -2.21. The maximum absolute atomic E-state index is 12.2. The summed E-state index contributed by atoms with van der Waals surface area (Å²) in [6.45, 7) is 3.53. The zero-order valence-electron chi connectivity index (χ0n) is 15.6. The van der Waals surface area contributed by atoms with Crippen molar-refractivity contribution in [3.63, 3.8) is 0 Å². The molecule has 7 heteroatoms. The number of anilines is 2. The highest BCUT2D eigenvalue weighted by Gasteiger charge is 2.12. The molecule has 2 rings (SSSR count). The van der Waals surface area contributed by atoms with Gasteiger partial charge in [-0.1, -0.05) is 0 Å². The summed E-state index contributed by atoms with van der Waals surface area (Å²) in [5.41, 5.74) is 1.86. The number of benzene rings is 2. The Hall–Kier alpha value is -3.35. The molecule has 0 aromatic heterocycles. The van der Waals surface area contributed by atoms with Crippen LogP contribution in [-0.2, 0) is 9.59 Å². The minimum Gasteiger partial charge on any atom is -0.497 e. The molecule has 0 saturated heterocycles. The average Bonchev–Trinajstić information content (AvgIpc) is 2.65. The smallest absolute Gasteiger partial charge is 0.251 e. The van der Waals surface area contributed by atoms with E-state index in [1.54, 1.807) is 60.5 Å². The molecule has 2 aromatic carbocycles. The van der Waals surface area contributed by atoms with Crippen LogP contribution in [0.5, 0.6) is 5.75 Å². The lowest BCUT2D eigenvalue weighted by molar-refractivity contribution is -0.116. The number of carbonyl (C=O) groups excluding carboxylic acids is 3. The van der Waals surface area contributed by atoms with Crippen LogP contribution in [0, 0.1) is 0 Å². The zero-order chi connectivity index (χ0) is 19.8. The third-order valence-electron chi connectivity index (χ3n) is 3.85. The van der Waals surface area contributed by atoms with Gasteiger partial charge in [-0.25, -0.2) is 0 Å². The van der Waals surface area contributed by atoms with Crippen molar-refractivity contribution in [2.45, 2.75) is 13.8 Å². The Morgan fingerprint density at radius 1 is 0.963 bits per heavy atom. The van der Waals surface area contributed by atoms with Gasteiger partial charge in [0.25, 0.3) is 5.91 Å². The first-order valence-electron chi connectivity index (χ1n) is 8.48.